The van der Waals surface area contributed by atoms with Gasteiger partial charge in [0.05, 0.1) is 18.7 Å². The second-order valence-electron chi connectivity index (χ2n) is 6.27. The lowest BCUT2D eigenvalue weighted by Crippen LogP contribution is -2.25. The second-order valence-corrected chi connectivity index (χ2v) is 6.27. The molecule has 1 saturated heterocycles. The number of allylic oxidation sites excluding steroid dienone is 1. The molecule has 0 aromatic carbocycles. The maximum absolute atomic E-state index is 11.4. The number of carboxylic acid groups (broad SMARTS) is 1. The smallest absolute Gasteiger partial charge is 0.308 e. The van der Waals surface area contributed by atoms with Crippen LogP contribution in [0, 0.1) is 24.7 Å². The molecule has 0 bridgehead atoms. The Balaban J connectivity index is 2.07. The molecule has 1 aliphatic heterocycles. The number of hydrogen-bond donors (Lipinski definition) is 1. The molecule has 1 aliphatic rings. The van der Waals surface area contributed by atoms with Crippen molar-refractivity contribution in [3.05, 3.63) is 30.1 Å². The minimum absolute atomic E-state index is 0.228. The maximum Gasteiger partial charge on any atom is 0.308 e. The van der Waals surface area contributed by atoms with E-state index in [9.17, 15) is 9.90 Å². The fraction of sp³-hybridized carbons (Fsp3) is 0.625. The molecular formula is C16H25N3O2. The molecule has 5 heteroatoms. The average molecular weight is 291 g/mol. The predicted molar refractivity (Wildman–Crippen MR) is 81.9 cm³/mol. The first-order chi connectivity index (χ1) is 9.93. The van der Waals surface area contributed by atoms with E-state index in [1.807, 2.05) is 17.0 Å². The topological polar surface area (TPSA) is 58.4 Å². The summed E-state index contributed by atoms with van der Waals surface area (Å²) in [5.74, 6) is -0.310. The van der Waals surface area contributed by atoms with Crippen molar-refractivity contribution >= 4 is 5.97 Å². The molecule has 0 saturated carbocycles. The van der Waals surface area contributed by atoms with Crippen LogP contribution in [0.2, 0.25) is 0 Å². The van der Waals surface area contributed by atoms with E-state index in [1.54, 1.807) is 0 Å². The molecule has 0 unspecified atom stereocenters. The molecular weight excluding hydrogens is 266 g/mol. The Labute approximate surface area is 126 Å². The summed E-state index contributed by atoms with van der Waals surface area (Å²) in [6, 6.07) is 0. The lowest BCUT2D eigenvalue weighted by Gasteiger charge is -2.18. The predicted octanol–water partition coefficient (Wildman–Crippen LogP) is 2.17. The molecule has 0 aliphatic carbocycles. The van der Waals surface area contributed by atoms with E-state index in [1.165, 1.54) is 5.56 Å². The Kier molecular flexibility index (Phi) is 4.83. The first-order valence-electron chi connectivity index (χ1n) is 7.51. The number of carbonyl (C=O) groups is 1. The van der Waals surface area contributed by atoms with Gasteiger partial charge in [-0.2, -0.15) is 5.10 Å². The van der Waals surface area contributed by atoms with Crippen molar-refractivity contribution in [1.82, 2.24) is 14.7 Å². The highest BCUT2D eigenvalue weighted by atomic mass is 16.4. The van der Waals surface area contributed by atoms with Gasteiger partial charge in [0.15, 0.2) is 0 Å². The Bertz CT molecular complexity index is 522. The van der Waals surface area contributed by atoms with Crippen LogP contribution in [0.25, 0.3) is 0 Å². The molecule has 1 N–H and O–H groups in total. The number of nitrogens with zero attached hydrogens (tertiary/aromatic N) is 3. The van der Waals surface area contributed by atoms with E-state index in [-0.39, 0.29) is 11.8 Å². The standard InChI is InChI=1S/C16H25N3O2/c1-5-6-19-12(4)13(7-17-19)8-18-9-14(11(2)3)15(10-18)16(20)21/h5,7,11,14-15H,1,6,8-10H2,2-4H3,(H,20,21)/t14-,15+/m0/s1. The summed E-state index contributed by atoms with van der Waals surface area (Å²) in [6.45, 7) is 13.0. The highest BCUT2D eigenvalue weighted by Gasteiger charge is 2.39. The third kappa shape index (κ3) is 3.35. The number of rotatable bonds is 6. The number of carboxylic acids is 1. The van der Waals surface area contributed by atoms with E-state index >= 15 is 0 Å². The zero-order chi connectivity index (χ0) is 15.6. The molecule has 0 radical (unpaired) electrons. The van der Waals surface area contributed by atoms with Gasteiger partial charge in [0.25, 0.3) is 0 Å². The first kappa shape index (κ1) is 15.8. The highest BCUT2D eigenvalue weighted by molar-refractivity contribution is 5.71. The third-order valence-electron chi connectivity index (χ3n) is 4.52. The molecule has 2 rings (SSSR count). The van der Waals surface area contributed by atoms with Gasteiger partial charge >= 0.3 is 5.97 Å². The zero-order valence-corrected chi connectivity index (χ0v) is 13.1. The molecule has 1 aromatic rings. The van der Waals surface area contributed by atoms with E-state index in [0.29, 0.717) is 19.0 Å². The summed E-state index contributed by atoms with van der Waals surface area (Å²) < 4.78 is 1.92. The van der Waals surface area contributed by atoms with Crippen molar-refractivity contribution in [2.75, 3.05) is 13.1 Å². The van der Waals surface area contributed by atoms with Gasteiger partial charge in [0.1, 0.15) is 0 Å². The van der Waals surface area contributed by atoms with Gasteiger partial charge < -0.3 is 5.11 Å². The Morgan fingerprint density at radius 1 is 1.57 bits per heavy atom. The second kappa shape index (κ2) is 6.43. The number of likely N-dealkylation sites (tertiary alicyclic amines) is 1. The first-order valence-corrected chi connectivity index (χ1v) is 7.51. The summed E-state index contributed by atoms with van der Waals surface area (Å²) in [5, 5.41) is 13.7. The van der Waals surface area contributed by atoms with E-state index in [4.69, 9.17) is 0 Å². The molecule has 2 atom stereocenters. The van der Waals surface area contributed by atoms with Gasteiger partial charge in [-0.1, -0.05) is 19.9 Å². The monoisotopic (exact) mass is 291 g/mol. The largest absolute Gasteiger partial charge is 0.481 e. The van der Waals surface area contributed by atoms with Crippen LogP contribution in [0.5, 0.6) is 0 Å². The summed E-state index contributed by atoms with van der Waals surface area (Å²) in [6.07, 6.45) is 3.71. The van der Waals surface area contributed by atoms with Crippen molar-refractivity contribution in [1.29, 1.82) is 0 Å². The lowest BCUT2D eigenvalue weighted by molar-refractivity contribution is -0.143. The number of aliphatic carboxylic acids is 1. The van der Waals surface area contributed by atoms with Gasteiger partial charge in [-0.25, -0.2) is 0 Å². The molecule has 0 spiro atoms. The average Bonchev–Trinajstić information content (AvgIpc) is 2.98. The minimum atomic E-state index is -0.671. The van der Waals surface area contributed by atoms with Crippen molar-refractivity contribution in [2.45, 2.75) is 33.9 Å². The van der Waals surface area contributed by atoms with Crippen molar-refractivity contribution in [3.63, 3.8) is 0 Å². The third-order valence-corrected chi connectivity index (χ3v) is 4.52. The van der Waals surface area contributed by atoms with Gasteiger partial charge in [-0.05, 0) is 18.8 Å². The summed E-state index contributed by atoms with van der Waals surface area (Å²) in [7, 11) is 0. The van der Waals surface area contributed by atoms with Crippen molar-refractivity contribution in [3.8, 4) is 0 Å². The van der Waals surface area contributed by atoms with E-state index < -0.39 is 5.97 Å². The fourth-order valence-corrected chi connectivity index (χ4v) is 3.17. The zero-order valence-electron chi connectivity index (χ0n) is 13.1. The van der Waals surface area contributed by atoms with Gasteiger partial charge in [0, 0.05) is 30.9 Å². The molecule has 1 fully saturated rings. The van der Waals surface area contributed by atoms with E-state index in [0.717, 1.165) is 18.8 Å². The number of aromatic nitrogens is 2. The van der Waals surface area contributed by atoms with Gasteiger partial charge in [-0.15, -0.1) is 6.58 Å². The minimum Gasteiger partial charge on any atom is -0.481 e. The quantitative estimate of drug-likeness (QED) is 0.816. The summed E-state index contributed by atoms with van der Waals surface area (Å²) in [5.41, 5.74) is 2.31. The Morgan fingerprint density at radius 2 is 2.29 bits per heavy atom. The van der Waals surface area contributed by atoms with Crippen LogP contribution in [-0.4, -0.2) is 38.8 Å². The van der Waals surface area contributed by atoms with Crippen molar-refractivity contribution < 1.29 is 9.90 Å². The van der Waals surface area contributed by atoms with Crippen molar-refractivity contribution in [2.24, 2.45) is 17.8 Å². The molecule has 5 nitrogen and oxygen atoms in total. The summed E-state index contributed by atoms with van der Waals surface area (Å²) in [4.78, 5) is 13.7. The van der Waals surface area contributed by atoms with Crippen LogP contribution in [-0.2, 0) is 17.9 Å². The van der Waals surface area contributed by atoms with Crippen LogP contribution in [0.3, 0.4) is 0 Å². The van der Waals surface area contributed by atoms with Crippen LogP contribution in [0.4, 0.5) is 0 Å². The normalized spacial score (nSPS) is 22.9. The molecule has 0 amide bonds. The van der Waals surface area contributed by atoms with Crippen LogP contribution in [0.15, 0.2) is 18.9 Å². The van der Waals surface area contributed by atoms with Gasteiger partial charge in [0.2, 0.25) is 0 Å². The Hall–Kier alpha value is -1.62. The van der Waals surface area contributed by atoms with Crippen LogP contribution >= 0.6 is 0 Å². The van der Waals surface area contributed by atoms with Gasteiger partial charge in [-0.3, -0.25) is 14.4 Å². The van der Waals surface area contributed by atoms with E-state index in [2.05, 4.69) is 37.3 Å². The van der Waals surface area contributed by atoms with Crippen LogP contribution < -0.4 is 0 Å². The fourth-order valence-electron chi connectivity index (χ4n) is 3.17. The molecule has 116 valence electrons. The lowest BCUT2D eigenvalue weighted by atomic mass is 9.86. The summed E-state index contributed by atoms with van der Waals surface area (Å²) >= 11 is 0. The van der Waals surface area contributed by atoms with Crippen LogP contribution in [0.1, 0.15) is 25.1 Å². The Morgan fingerprint density at radius 3 is 2.81 bits per heavy atom. The molecule has 21 heavy (non-hydrogen) atoms. The molecule has 1 aromatic heterocycles. The maximum atomic E-state index is 11.4. The molecule has 2 heterocycles. The SMILES string of the molecule is C=CCn1ncc(CN2C[C@@H](C(=O)O)[C@H](C(C)C)C2)c1C. The highest BCUT2D eigenvalue weighted by Crippen LogP contribution is 2.31. The number of hydrogen-bond acceptors (Lipinski definition) is 3.